The van der Waals surface area contributed by atoms with Gasteiger partial charge in [0.05, 0.1) is 18.6 Å². The SMILES string of the molecule is Cc1c(Br)c2ccccc2n1CC(=O)NC1(CC(=O)O)CCOC1. The Bertz CT molecular complexity index is 793. The average molecular weight is 395 g/mol. The third-order valence-corrected chi connectivity index (χ3v) is 5.45. The largest absolute Gasteiger partial charge is 0.481 e. The van der Waals surface area contributed by atoms with E-state index in [1.54, 1.807) is 0 Å². The summed E-state index contributed by atoms with van der Waals surface area (Å²) in [4.78, 5) is 23.7. The highest BCUT2D eigenvalue weighted by Gasteiger charge is 2.38. The average Bonchev–Trinajstić information content (AvgIpc) is 3.06. The molecule has 24 heavy (non-hydrogen) atoms. The number of nitrogens with zero attached hydrogens (tertiary/aromatic N) is 1. The van der Waals surface area contributed by atoms with Crippen molar-refractivity contribution < 1.29 is 19.4 Å². The highest BCUT2D eigenvalue weighted by molar-refractivity contribution is 9.10. The van der Waals surface area contributed by atoms with Gasteiger partial charge in [-0.1, -0.05) is 18.2 Å². The summed E-state index contributed by atoms with van der Waals surface area (Å²) in [5.41, 5.74) is 1.12. The normalized spacial score (nSPS) is 20.4. The molecule has 0 aliphatic carbocycles. The lowest BCUT2D eigenvalue weighted by Gasteiger charge is -2.27. The van der Waals surface area contributed by atoms with E-state index in [1.807, 2.05) is 35.8 Å². The summed E-state index contributed by atoms with van der Waals surface area (Å²) in [6.45, 7) is 2.78. The summed E-state index contributed by atoms with van der Waals surface area (Å²) >= 11 is 3.57. The molecule has 0 saturated carbocycles. The Labute approximate surface area is 147 Å². The Morgan fingerprint density at radius 3 is 2.83 bits per heavy atom. The third-order valence-electron chi connectivity index (χ3n) is 4.45. The molecule has 2 N–H and O–H groups in total. The molecule has 1 amide bonds. The van der Waals surface area contributed by atoms with Crippen LogP contribution in [0.5, 0.6) is 0 Å². The van der Waals surface area contributed by atoms with Gasteiger partial charge in [-0.2, -0.15) is 0 Å². The van der Waals surface area contributed by atoms with Gasteiger partial charge in [-0.05, 0) is 35.3 Å². The van der Waals surface area contributed by atoms with Gasteiger partial charge in [0.1, 0.15) is 6.54 Å². The number of carbonyl (C=O) groups is 2. The zero-order valence-corrected chi connectivity index (χ0v) is 14.9. The summed E-state index contributed by atoms with van der Waals surface area (Å²) < 4.78 is 8.22. The third kappa shape index (κ3) is 3.18. The zero-order chi connectivity index (χ0) is 17.3. The van der Waals surface area contributed by atoms with E-state index in [4.69, 9.17) is 9.84 Å². The van der Waals surface area contributed by atoms with Gasteiger partial charge in [0.2, 0.25) is 5.91 Å². The molecule has 1 unspecified atom stereocenters. The van der Waals surface area contributed by atoms with Gasteiger partial charge in [0, 0.05) is 27.7 Å². The van der Waals surface area contributed by atoms with Crippen molar-refractivity contribution >= 4 is 38.7 Å². The zero-order valence-electron chi connectivity index (χ0n) is 13.3. The quantitative estimate of drug-likeness (QED) is 0.815. The molecule has 0 radical (unpaired) electrons. The molecule has 6 nitrogen and oxygen atoms in total. The summed E-state index contributed by atoms with van der Waals surface area (Å²) in [6.07, 6.45) is 0.383. The summed E-state index contributed by atoms with van der Waals surface area (Å²) in [7, 11) is 0. The second-order valence-electron chi connectivity index (χ2n) is 6.20. The topological polar surface area (TPSA) is 80.6 Å². The maximum absolute atomic E-state index is 12.6. The number of fused-ring (bicyclic) bond motifs is 1. The van der Waals surface area contributed by atoms with E-state index in [0.717, 1.165) is 21.1 Å². The number of aliphatic carboxylic acids is 1. The van der Waals surface area contributed by atoms with Crippen LogP contribution < -0.4 is 5.32 Å². The van der Waals surface area contributed by atoms with E-state index in [1.165, 1.54) is 0 Å². The molecule has 0 bridgehead atoms. The summed E-state index contributed by atoms with van der Waals surface area (Å²) in [5.74, 6) is -1.15. The fourth-order valence-corrected chi connectivity index (χ4v) is 3.80. The van der Waals surface area contributed by atoms with Gasteiger partial charge in [-0.3, -0.25) is 9.59 Å². The number of carbonyl (C=O) groups excluding carboxylic acids is 1. The first-order chi connectivity index (χ1) is 11.4. The van der Waals surface area contributed by atoms with Crippen LogP contribution in [0.4, 0.5) is 0 Å². The predicted molar refractivity (Wildman–Crippen MR) is 92.9 cm³/mol. The van der Waals surface area contributed by atoms with Crippen molar-refractivity contribution in [3.05, 3.63) is 34.4 Å². The minimum Gasteiger partial charge on any atom is -0.481 e. The maximum Gasteiger partial charge on any atom is 0.305 e. The standard InChI is InChI=1S/C17H19BrN2O4/c1-11-16(18)12-4-2-3-5-13(12)20(11)9-14(21)19-17(8-15(22)23)6-7-24-10-17/h2-5H,6-10H2,1H3,(H,19,21)(H,22,23). The Kier molecular flexibility index (Phi) is 4.64. The lowest BCUT2D eigenvalue weighted by atomic mass is 9.94. The van der Waals surface area contributed by atoms with Crippen molar-refractivity contribution in [2.75, 3.05) is 13.2 Å². The molecular weight excluding hydrogens is 376 g/mol. The Morgan fingerprint density at radius 1 is 1.42 bits per heavy atom. The van der Waals surface area contributed by atoms with Crippen molar-refractivity contribution in [1.29, 1.82) is 0 Å². The van der Waals surface area contributed by atoms with Crippen LogP contribution in [0.15, 0.2) is 28.7 Å². The molecule has 1 aliphatic rings. The first-order valence-electron chi connectivity index (χ1n) is 7.76. The molecule has 1 aliphatic heterocycles. The molecule has 7 heteroatoms. The number of amides is 1. The highest BCUT2D eigenvalue weighted by Crippen LogP contribution is 2.30. The van der Waals surface area contributed by atoms with Gasteiger partial charge >= 0.3 is 5.97 Å². The lowest BCUT2D eigenvalue weighted by Crippen LogP contribution is -2.51. The molecule has 2 aromatic rings. The van der Waals surface area contributed by atoms with Crippen molar-refractivity contribution in [3.8, 4) is 0 Å². The second kappa shape index (κ2) is 6.57. The number of nitrogens with one attached hydrogen (secondary N) is 1. The number of carboxylic acid groups (broad SMARTS) is 1. The molecule has 3 rings (SSSR count). The van der Waals surface area contributed by atoms with Crippen LogP contribution in [0.1, 0.15) is 18.5 Å². The van der Waals surface area contributed by atoms with E-state index >= 15 is 0 Å². The summed E-state index contributed by atoms with van der Waals surface area (Å²) in [5, 5.41) is 13.1. The van der Waals surface area contributed by atoms with E-state index in [9.17, 15) is 9.59 Å². The molecule has 2 heterocycles. The van der Waals surface area contributed by atoms with Crippen LogP contribution >= 0.6 is 15.9 Å². The van der Waals surface area contributed by atoms with Crippen LogP contribution in [0.3, 0.4) is 0 Å². The van der Waals surface area contributed by atoms with E-state index < -0.39 is 11.5 Å². The number of benzene rings is 1. The Morgan fingerprint density at radius 2 is 2.17 bits per heavy atom. The minimum absolute atomic E-state index is 0.131. The maximum atomic E-state index is 12.6. The molecule has 1 aromatic carbocycles. The van der Waals surface area contributed by atoms with Crippen molar-refractivity contribution in [2.24, 2.45) is 0 Å². The highest BCUT2D eigenvalue weighted by atomic mass is 79.9. The number of hydrogen-bond donors (Lipinski definition) is 2. The molecule has 1 saturated heterocycles. The smallest absolute Gasteiger partial charge is 0.305 e. The van der Waals surface area contributed by atoms with E-state index in [2.05, 4.69) is 21.2 Å². The number of aromatic nitrogens is 1. The van der Waals surface area contributed by atoms with Crippen LogP contribution in [-0.4, -0.2) is 40.3 Å². The number of carboxylic acids is 1. The molecule has 1 fully saturated rings. The number of ether oxygens (including phenoxy) is 1. The first kappa shape index (κ1) is 17.0. The first-order valence-corrected chi connectivity index (χ1v) is 8.55. The van der Waals surface area contributed by atoms with Crippen LogP contribution in [0.25, 0.3) is 10.9 Å². The molecule has 0 spiro atoms. The van der Waals surface area contributed by atoms with Crippen molar-refractivity contribution in [1.82, 2.24) is 9.88 Å². The second-order valence-corrected chi connectivity index (χ2v) is 7.00. The van der Waals surface area contributed by atoms with Crippen LogP contribution in [0, 0.1) is 6.92 Å². The molecule has 1 aromatic heterocycles. The van der Waals surface area contributed by atoms with Crippen LogP contribution in [-0.2, 0) is 20.9 Å². The monoisotopic (exact) mass is 394 g/mol. The minimum atomic E-state index is -0.939. The molecule has 128 valence electrons. The molecular formula is C17H19BrN2O4. The fourth-order valence-electron chi connectivity index (χ4n) is 3.25. The van der Waals surface area contributed by atoms with Crippen molar-refractivity contribution in [3.63, 3.8) is 0 Å². The predicted octanol–water partition coefficient (Wildman–Crippen LogP) is 2.46. The Hall–Kier alpha value is -1.86. The van der Waals surface area contributed by atoms with Crippen molar-refractivity contribution in [2.45, 2.75) is 31.8 Å². The van der Waals surface area contributed by atoms with Gasteiger partial charge in [-0.25, -0.2) is 0 Å². The fraction of sp³-hybridized carbons (Fsp3) is 0.412. The van der Waals surface area contributed by atoms with E-state index in [0.29, 0.717) is 13.0 Å². The Balaban J connectivity index is 1.82. The number of para-hydroxylation sites is 1. The number of halogens is 1. The summed E-state index contributed by atoms with van der Waals surface area (Å²) in [6, 6.07) is 7.84. The van der Waals surface area contributed by atoms with Gasteiger partial charge in [0.25, 0.3) is 0 Å². The van der Waals surface area contributed by atoms with Crippen LogP contribution in [0.2, 0.25) is 0 Å². The number of hydrogen-bond acceptors (Lipinski definition) is 3. The van der Waals surface area contributed by atoms with Gasteiger partial charge in [-0.15, -0.1) is 0 Å². The number of rotatable bonds is 5. The van der Waals surface area contributed by atoms with Gasteiger partial charge in [0.15, 0.2) is 0 Å². The molecule has 1 atom stereocenters. The van der Waals surface area contributed by atoms with E-state index in [-0.39, 0.29) is 25.5 Å². The lowest BCUT2D eigenvalue weighted by molar-refractivity contribution is -0.139. The van der Waals surface area contributed by atoms with Gasteiger partial charge < -0.3 is 19.7 Å².